The van der Waals surface area contributed by atoms with Crippen LogP contribution in [0.1, 0.15) is 63.6 Å². The van der Waals surface area contributed by atoms with Crippen LogP contribution in [0.2, 0.25) is 5.02 Å². The number of allylic oxidation sites excluding steroid dienone is 2. The summed E-state index contributed by atoms with van der Waals surface area (Å²) in [4.78, 5) is 25.5. The second-order valence-electron chi connectivity index (χ2n) is 7.32. The summed E-state index contributed by atoms with van der Waals surface area (Å²) in [6.45, 7) is 9.85. The average Bonchev–Trinajstić information content (AvgIpc) is 3.37. The molecule has 1 aromatic carbocycles. The Labute approximate surface area is 209 Å². The number of thiazole rings is 1. The van der Waals surface area contributed by atoms with Crippen molar-refractivity contribution in [3.05, 3.63) is 51.2 Å². The minimum absolute atomic E-state index is 0.201. The molecule has 2 amide bonds. The standard InChI is InChI=1S/C10H6ClFN2OS.C5H9NO.C4H7Cl.C4H11N/c11-6-1-5(2-7(12)3-6)10-14-4-8(16-10)9(13)15;1-4-2-3-5(7)6-4;2*1-3-4(2)5/h1-4H,(H2,13,15);4H,2-3H2,1H3,(H,6,7);3H,1-2H3;4H,3,5H2,1-2H3/b;;4-3+;/t;4-;;/m.1../s1. The predicted octanol–water partition coefficient (Wildman–Crippen LogP) is 5.88. The molecule has 1 aromatic heterocycles. The van der Waals surface area contributed by atoms with Gasteiger partial charge in [0.1, 0.15) is 15.7 Å². The molecule has 6 nitrogen and oxygen atoms in total. The molecule has 1 aliphatic heterocycles. The largest absolute Gasteiger partial charge is 0.365 e. The third kappa shape index (κ3) is 14.7. The molecule has 10 heteroatoms. The molecule has 2 atom stereocenters. The molecule has 2 heterocycles. The Hall–Kier alpha value is -2.00. The Bertz CT molecular complexity index is 895. The number of nitrogens with two attached hydrogens (primary N) is 2. The molecular formula is C23H33Cl2FN4O2S. The first kappa shape index (κ1) is 31.0. The second-order valence-corrected chi connectivity index (χ2v) is 9.38. The van der Waals surface area contributed by atoms with E-state index < -0.39 is 11.7 Å². The minimum atomic E-state index is -0.550. The van der Waals surface area contributed by atoms with Gasteiger partial charge < -0.3 is 16.8 Å². The topological polar surface area (TPSA) is 111 Å². The van der Waals surface area contributed by atoms with Gasteiger partial charge in [-0.2, -0.15) is 0 Å². The van der Waals surface area contributed by atoms with Crippen LogP contribution in [0.15, 0.2) is 35.5 Å². The van der Waals surface area contributed by atoms with Gasteiger partial charge in [0.2, 0.25) is 5.91 Å². The fourth-order valence-electron chi connectivity index (χ4n) is 1.97. The Kier molecular flexibility index (Phi) is 15.6. The number of hydrogen-bond donors (Lipinski definition) is 3. The monoisotopic (exact) mass is 518 g/mol. The van der Waals surface area contributed by atoms with Crippen LogP contribution < -0.4 is 16.8 Å². The van der Waals surface area contributed by atoms with Crippen LogP contribution in [-0.2, 0) is 4.79 Å². The molecule has 184 valence electrons. The van der Waals surface area contributed by atoms with Crippen molar-refractivity contribution in [3.8, 4) is 10.6 Å². The van der Waals surface area contributed by atoms with Crippen LogP contribution >= 0.6 is 34.5 Å². The van der Waals surface area contributed by atoms with E-state index in [1.165, 1.54) is 18.3 Å². The zero-order valence-corrected chi connectivity index (χ0v) is 22.0. The van der Waals surface area contributed by atoms with Gasteiger partial charge in [-0.1, -0.05) is 36.2 Å². The molecule has 2 aromatic rings. The van der Waals surface area contributed by atoms with E-state index >= 15 is 0 Å². The minimum Gasteiger partial charge on any atom is -0.365 e. The molecule has 3 rings (SSSR count). The first-order chi connectivity index (χ1) is 15.4. The first-order valence-corrected chi connectivity index (χ1v) is 12.0. The summed E-state index contributed by atoms with van der Waals surface area (Å²) in [6.07, 6.45) is 6.03. The molecule has 5 N–H and O–H groups in total. The third-order valence-electron chi connectivity index (χ3n) is 4.11. The highest BCUT2D eigenvalue weighted by molar-refractivity contribution is 7.16. The molecule has 1 unspecified atom stereocenters. The summed E-state index contributed by atoms with van der Waals surface area (Å²) in [5.74, 6) is -0.794. The van der Waals surface area contributed by atoms with Gasteiger partial charge in [0.15, 0.2) is 0 Å². The van der Waals surface area contributed by atoms with Crippen LogP contribution in [-0.4, -0.2) is 28.9 Å². The van der Waals surface area contributed by atoms with E-state index in [4.69, 9.17) is 34.7 Å². The van der Waals surface area contributed by atoms with Crippen molar-refractivity contribution in [1.29, 1.82) is 0 Å². The summed E-state index contributed by atoms with van der Waals surface area (Å²) in [5.41, 5.74) is 10.9. The Morgan fingerprint density at radius 2 is 2.00 bits per heavy atom. The number of carbonyl (C=O) groups is 2. The fraction of sp³-hybridized carbons (Fsp3) is 0.435. The van der Waals surface area contributed by atoms with Crippen LogP contribution in [0.5, 0.6) is 0 Å². The number of benzene rings is 1. The molecule has 0 saturated carbocycles. The van der Waals surface area contributed by atoms with Gasteiger partial charge in [0, 0.05) is 34.1 Å². The SMILES string of the molecule is C/C=C(\C)Cl.CCC(C)N.C[C@@H]1CCC(=O)N1.NC(=O)c1cnc(-c2cc(F)cc(Cl)c2)s1. The van der Waals surface area contributed by atoms with E-state index in [1.54, 1.807) is 6.07 Å². The number of carbonyl (C=O) groups excluding carboxylic acids is 2. The van der Waals surface area contributed by atoms with Crippen molar-refractivity contribution in [3.63, 3.8) is 0 Å². The van der Waals surface area contributed by atoms with Gasteiger partial charge >= 0.3 is 0 Å². The first-order valence-electron chi connectivity index (χ1n) is 10.4. The third-order valence-corrected chi connectivity index (χ3v) is 5.61. The molecule has 0 radical (unpaired) electrons. The second kappa shape index (κ2) is 16.6. The Morgan fingerprint density at radius 3 is 2.30 bits per heavy atom. The smallest absolute Gasteiger partial charge is 0.260 e. The Morgan fingerprint density at radius 1 is 1.42 bits per heavy atom. The maximum Gasteiger partial charge on any atom is 0.260 e. The molecule has 0 bridgehead atoms. The van der Waals surface area contributed by atoms with Crippen molar-refractivity contribution in [2.75, 3.05) is 0 Å². The van der Waals surface area contributed by atoms with E-state index in [9.17, 15) is 14.0 Å². The lowest BCUT2D eigenvalue weighted by atomic mass is 10.2. The molecule has 0 spiro atoms. The van der Waals surface area contributed by atoms with Gasteiger partial charge in [0.05, 0.1) is 6.20 Å². The summed E-state index contributed by atoms with van der Waals surface area (Å²) in [6, 6.07) is 4.89. The number of hydrogen-bond acceptors (Lipinski definition) is 5. The number of rotatable bonds is 3. The predicted molar refractivity (Wildman–Crippen MR) is 137 cm³/mol. The van der Waals surface area contributed by atoms with Gasteiger partial charge in [0.25, 0.3) is 5.91 Å². The van der Waals surface area contributed by atoms with Crippen molar-refractivity contribution in [1.82, 2.24) is 10.3 Å². The molecule has 1 aliphatic rings. The average molecular weight is 520 g/mol. The molecule has 1 saturated heterocycles. The maximum absolute atomic E-state index is 13.1. The Balaban J connectivity index is 0.000000498. The zero-order chi connectivity index (χ0) is 25.6. The highest BCUT2D eigenvalue weighted by atomic mass is 35.5. The molecule has 33 heavy (non-hydrogen) atoms. The number of nitrogens with one attached hydrogen (secondary N) is 1. The number of aromatic nitrogens is 1. The number of primary amides is 1. The van der Waals surface area contributed by atoms with E-state index in [0.29, 0.717) is 27.5 Å². The molecular weight excluding hydrogens is 486 g/mol. The normalized spacial score (nSPS) is 15.6. The lowest BCUT2D eigenvalue weighted by molar-refractivity contribution is -0.119. The lowest BCUT2D eigenvalue weighted by Crippen LogP contribution is -2.21. The lowest BCUT2D eigenvalue weighted by Gasteiger charge is -1.97. The summed E-state index contributed by atoms with van der Waals surface area (Å²) >= 11 is 12.1. The fourth-order valence-corrected chi connectivity index (χ4v) is 2.94. The van der Waals surface area contributed by atoms with Gasteiger partial charge in [-0.25, -0.2) is 9.37 Å². The maximum atomic E-state index is 13.1. The van der Waals surface area contributed by atoms with Crippen LogP contribution in [0.25, 0.3) is 10.6 Å². The zero-order valence-electron chi connectivity index (χ0n) is 19.6. The van der Waals surface area contributed by atoms with Gasteiger partial charge in [-0.05, 0) is 58.7 Å². The number of halogens is 3. The van der Waals surface area contributed by atoms with E-state index in [-0.39, 0.29) is 10.9 Å². The summed E-state index contributed by atoms with van der Waals surface area (Å²) in [7, 11) is 0. The van der Waals surface area contributed by atoms with Gasteiger partial charge in [-0.15, -0.1) is 11.3 Å². The number of nitrogens with zero attached hydrogens (tertiary/aromatic N) is 1. The van der Waals surface area contributed by atoms with E-state index in [0.717, 1.165) is 35.6 Å². The summed E-state index contributed by atoms with van der Waals surface area (Å²) < 4.78 is 13.1. The molecule has 1 fully saturated rings. The van der Waals surface area contributed by atoms with Crippen molar-refractivity contribution in [2.45, 2.75) is 66.0 Å². The highest BCUT2D eigenvalue weighted by Gasteiger charge is 2.14. The highest BCUT2D eigenvalue weighted by Crippen LogP contribution is 2.28. The quantitative estimate of drug-likeness (QED) is 0.470. The summed E-state index contributed by atoms with van der Waals surface area (Å²) in [5, 5.41) is 4.42. The van der Waals surface area contributed by atoms with E-state index in [1.807, 2.05) is 33.8 Å². The number of amides is 2. The van der Waals surface area contributed by atoms with Crippen molar-refractivity contribution < 1.29 is 14.0 Å². The van der Waals surface area contributed by atoms with Gasteiger partial charge in [-0.3, -0.25) is 9.59 Å². The van der Waals surface area contributed by atoms with E-state index in [2.05, 4.69) is 17.2 Å². The van der Waals surface area contributed by atoms with Crippen molar-refractivity contribution in [2.24, 2.45) is 11.5 Å². The molecule has 0 aliphatic carbocycles. The van der Waals surface area contributed by atoms with Crippen LogP contribution in [0.3, 0.4) is 0 Å². The van der Waals surface area contributed by atoms with Crippen molar-refractivity contribution >= 4 is 46.4 Å². The van der Waals surface area contributed by atoms with Crippen LogP contribution in [0.4, 0.5) is 4.39 Å². The van der Waals surface area contributed by atoms with Crippen LogP contribution in [0, 0.1) is 5.82 Å².